The van der Waals surface area contributed by atoms with Crippen LogP contribution in [0.15, 0.2) is 0 Å². The van der Waals surface area contributed by atoms with Gasteiger partial charge in [-0.15, -0.1) is 0 Å². The summed E-state index contributed by atoms with van der Waals surface area (Å²) in [6, 6.07) is -0.0359. The molecule has 5 nitrogen and oxygen atoms in total. The van der Waals surface area contributed by atoms with Crippen LogP contribution in [0, 0.1) is 0 Å². The highest BCUT2D eigenvalue weighted by Crippen LogP contribution is 2.06. The highest BCUT2D eigenvalue weighted by molar-refractivity contribution is 5.76. The van der Waals surface area contributed by atoms with Crippen molar-refractivity contribution in [1.82, 2.24) is 15.5 Å². The third-order valence-electron chi connectivity index (χ3n) is 2.48. The molecule has 2 N–H and O–H groups in total. The lowest BCUT2D eigenvalue weighted by Gasteiger charge is -2.21. The molecule has 0 saturated carbocycles. The first-order chi connectivity index (χ1) is 9.61. The Morgan fingerprint density at radius 2 is 1.50 bits per heavy atom. The Kier molecular flexibility index (Phi) is 16.6. The van der Waals surface area contributed by atoms with Crippen molar-refractivity contribution in [3.05, 3.63) is 0 Å². The maximum absolute atomic E-state index is 10.7. The lowest BCUT2D eigenvalue weighted by molar-refractivity contribution is -0.131. The smallest absolute Gasteiger partial charge is 0.314 e. The molecule has 0 unspecified atom stereocenters. The van der Waals surface area contributed by atoms with Crippen molar-refractivity contribution in [3.63, 3.8) is 0 Å². The molecule has 0 bridgehead atoms. The molecule has 120 valence electrons. The van der Waals surface area contributed by atoms with E-state index in [0.717, 1.165) is 38.9 Å². The average molecular weight is 287 g/mol. The number of urea groups is 1. The van der Waals surface area contributed by atoms with Crippen LogP contribution in [-0.2, 0) is 4.79 Å². The summed E-state index contributed by atoms with van der Waals surface area (Å²) in [6.07, 6.45) is 5.33. The molecule has 3 amide bonds. The molecule has 0 aromatic heterocycles. The van der Waals surface area contributed by atoms with Gasteiger partial charge in [-0.3, -0.25) is 4.79 Å². The van der Waals surface area contributed by atoms with E-state index in [2.05, 4.69) is 24.5 Å². The maximum Gasteiger partial charge on any atom is 0.314 e. The minimum atomic E-state index is -0.0359. The summed E-state index contributed by atoms with van der Waals surface area (Å²) in [6.45, 7) is 10.9. The van der Waals surface area contributed by atoms with Crippen LogP contribution in [-0.4, -0.2) is 43.5 Å². The van der Waals surface area contributed by atoms with Gasteiger partial charge >= 0.3 is 6.03 Å². The van der Waals surface area contributed by atoms with Crippen molar-refractivity contribution in [3.8, 4) is 0 Å². The van der Waals surface area contributed by atoms with Gasteiger partial charge in [0.25, 0.3) is 0 Å². The van der Waals surface area contributed by atoms with Gasteiger partial charge in [0.2, 0.25) is 5.91 Å². The minimum absolute atomic E-state index is 0.0359. The number of nitrogens with zero attached hydrogens (tertiary/aromatic N) is 1. The summed E-state index contributed by atoms with van der Waals surface area (Å²) in [5.41, 5.74) is 0. The van der Waals surface area contributed by atoms with Crippen LogP contribution in [0.1, 0.15) is 59.8 Å². The van der Waals surface area contributed by atoms with Crippen LogP contribution < -0.4 is 10.6 Å². The number of nitrogens with one attached hydrogen (secondary N) is 2. The Bertz CT molecular complexity index is 237. The van der Waals surface area contributed by atoms with Gasteiger partial charge in [-0.05, 0) is 19.3 Å². The van der Waals surface area contributed by atoms with Crippen LogP contribution in [0.5, 0.6) is 0 Å². The molecule has 2 aliphatic heterocycles. The van der Waals surface area contributed by atoms with Gasteiger partial charge in [0.1, 0.15) is 0 Å². The molecule has 5 heteroatoms. The lowest BCUT2D eigenvalue weighted by atomic mass is 10.1. The van der Waals surface area contributed by atoms with E-state index in [1.54, 1.807) is 4.90 Å². The zero-order chi connectivity index (χ0) is 15.8. The number of hydrogen-bond acceptors (Lipinski definition) is 2. The predicted molar refractivity (Wildman–Crippen MR) is 84.8 cm³/mol. The SMILES string of the molecule is CC.CCC.CN1CCCCC1=O.O=C1NCCCN1. The standard InChI is InChI=1S/C6H11NO.C4H8N2O.C3H8.C2H6/c1-7-5-3-2-4-6(7)8;7-4-5-2-1-3-6-4;1-3-2;1-2/h2-5H2,1H3;1-3H2,(H2,5,6,7);3H2,1-2H3;1-2H3. The zero-order valence-corrected chi connectivity index (χ0v) is 13.9. The van der Waals surface area contributed by atoms with E-state index < -0.39 is 0 Å². The van der Waals surface area contributed by atoms with Crippen molar-refractivity contribution in [2.24, 2.45) is 0 Å². The molecule has 0 radical (unpaired) electrons. The molecule has 20 heavy (non-hydrogen) atoms. The van der Waals surface area contributed by atoms with E-state index in [1.807, 2.05) is 20.9 Å². The maximum atomic E-state index is 10.7. The van der Waals surface area contributed by atoms with Gasteiger partial charge < -0.3 is 15.5 Å². The highest BCUT2D eigenvalue weighted by atomic mass is 16.2. The first-order valence-corrected chi connectivity index (χ1v) is 7.87. The Hall–Kier alpha value is -1.26. The first-order valence-electron chi connectivity index (χ1n) is 7.87. The number of rotatable bonds is 0. The summed E-state index contributed by atoms with van der Waals surface area (Å²) in [4.78, 5) is 22.8. The van der Waals surface area contributed by atoms with E-state index in [4.69, 9.17) is 0 Å². The monoisotopic (exact) mass is 287 g/mol. The Labute approximate surface area is 124 Å². The lowest BCUT2D eigenvalue weighted by Crippen LogP contribution is -2.42. The van der Waals surface area contributed by atoms with Gasteiger partial charge in [0, 0.05) is 33.1 Å². The Balaban J connectivity index is 0. The summed E-state index contributed by atoms with van der Waals surface area (Å²) in [5, 5.41) is 5.26. The summed E-state index contributed by atoms with van der Waals surface area (Å²) in [7, 11) is 1.86. The van der Waals surface area contributed by atoms with E-state index in [-0.39, 0.29) is 6.03 Å². The number of carbonyl (C=O) groups excluding carboxylic acids is 2. The van der Waals surface area contributed by atoms with Crippen LogP contribution in [0.2, 0.25) is 0 Å². The first kappa shape index (κ1) is 21.0. The zero-order valence-electron chi connectivity index (χ0n) is 13.9. The summed E-state index contributed by atoms with van der Waals surface area (Å²) < 4.78 is 0. The van der Waals surface area contributed by atoms with Crippen molar-refractivity contribution in [2.75, 3.05) is 26.7 Å². The summed E-state index contributed by atoms with van der Waals surface area (Å²) in [5.74, 6) is 0.302. The molecule has 0 aromatic rings. The Morgan fingerprint density at radius 3 is 1.75 bits per heavy atom. The number of likely N-dealkylation sites (tertiary alicyclic amines) is 1. The fourth-order valence-electron chi connectivity index (χ4n) is 1.50. The van der Waals surface area contributed by atoms with Crippen LogP contribution >= 0.6 is 0 Å². The number of carbonyl (C=O) groups is 2. The van der Waals surface area contributed by atoms with Crippen molar-refractivity contribution in [1.29, 1.82) is 0 Å². The Morgan fingerprint density at radius 1 is 1.00 bits per heavy atom. The van der Waals surface area contributed by atoms with Crippen LogP contribution in [0.25, 0.3) is 0 Å². The molecular weight excluding hydrogens is 254 g/mol. The number of hydrogen-bond donors (Lipinski definition) is 2. The molecule has 0 spiro atoms. The van der Waals surface area contributed by atoms with E-state index >= 15 is 0 Å². The van der Waals surface area contributed by atoms with Crippen molar-refractivity contribution in [2.45, 2.75) is 59.8 Å². The molecule has 2 fully saturated rings. The quantitative estimate of drug-likeness (QED) is 0.719. The molecule has 2 rings (SSSR count). The highest BCUT2D eigenvalue weighted by Gasteiger charge is 2.12. The molecule has 2 saturated heterocycles. The van der Waals surface area contributed by atoms with Crippen LogP contribution in [0.3, 0.4) is 0 Å². The second-order valence-corrected chi connectivity index (χ2v) is 4.52. The van der Waals surface area contributed by atoms with Crippen molar-refractivity contribution >= 4 is 11.9 Å². The second kappa shape index (κ2) is 15.8. The topological polar surface area (TPSA) is 61.4 Å². The predicted octanol–water partition coefficient (Wildman–Crippen LogP) is 2.76. The molecule has 0 atom stereocenters. The molecule has 2 heterocycles. The van der Waals surface area contributed by atoms with Crippen molar-refractivity contribution < 1.29 is 9.59 Å². The third-order valence-corrected chi connectivity index (χ3v) is 2.48. The fraction of sp³-hybridized carbons (Fsp3) is 0.867. The van der Waals surface area contributed by atoms with Gasteiger partial charge in [0.05, 0.1) is 0 Å². The van der Waals surface area contributed by atoms with E-state index in [0.29, 0.717) is 5.91 Å². The minimum Gasteiger partial charge on any atom is -0.346 e. The van der Waals surface area contributed by atoms with E-state index in [1.165, 1.54) is 12.8 Å². The number of amides is 3. The molecule has 2 aliphatic rings. The molecular formula is C15H33N3O2. The molecule has 0 aliphatic carbocycles. The largest absolute Gasteiger partial charge is 0.346 e. The number of piperidine rings is 1. The average Bonchev–Trinajstić information content (AvgIpc) is 2.47. The van der Waals surface area contributed by atoms with Gasteiger partial charge in [-0.25, -0.2) is 4.79 Å². The van der Waals surface area contributed by atoms with Gasteiger partial charge in [-0.1, -0.05) is 34.1 Å². The van der Waals surface area contributed by atoms with Gasteiger partial charge in [-0.2, -0.15) is 0 Å². The third kappa shape index (κ3) is 13.2. The van der Waals surface area contributed by atoms with Crippen LogP contribution in [0.4, 0.5) is 4.79 Å². The normalized spacial score (nSPS) is 16.9. The second-order valence-electron chi connectivity index (χ2n) is 4.52. The summed E-state index contributed by atoms with van der Waals surface area (Å²) >= 11 is 0. The van der Waals surface area contributed by atoms with Gasteiger partial charge in [0.15, 0.2) is 0 Å². The van der Waals surface area contributed by atoms with E-state index in [9.17, 15) is 9.59 Å². The molecule has 0 aromatic carbocycles. The fourth-order valence-corrected chi connectivity index (χ4v) is 1.50.